The Bertz CT molecular complexity index is 899. The molecule has 1 aromatic carbocycles. The number of halogens is 3. The number of benzene rings is 1. The van der Waals surface area contributed by atoms with Crippen LogP contribution in [0.5, 0.6) is 0 Å². The molecule has 0 aliphatic heterocycles. The lowest BCUT2D eigenvalue weighted by Gasteiger charge is -2.22. The number of nitrogens with one attached hydrogen (secondary N) is 1. The highest BCUT2D eigenvalue weighted by Crippen LogP contribution is 2.25. The van der Waals surface area contributed by atoms with E-state index in [0.717, 1.165) is 12.3 Å². The molecule has 0 radical (unpaired) electrons. The molecule has 0 saturated carbocycles. The van der Waals surface area contributed by atoms with E-state index in [9.17, 15) is 26.4 Å². The van der Waals surface area contributed by atoms with Gasteiger partial charge in [-0.2, -0.15) is 0 Å². The molecule has 0 fully saturated rings. The summed E-state index contributed by atoms with van der Waals surface area (Å²) in [6.07, 6.45) is 0.379. The van der Waals surface area contributed by atoms with Gasteiger partial charge < -0.3 is 9.84 Å². The number of carbonyl (C=O) groups excluding carboxylic acids is 1. The van der Waals surface area contributed by atoms with E-state index in [4.69, 9.17) is 4.52 Å². The van der Waals surface area contributed by atoms with Gasteiger partial charge in [0, 0.05) is 19.0 Å². The van der Waals surface area contributed by atoms with Crippen LogP contribution in [0.1, 0.15) is 12.2 Å². The number of aryl methyl sites for hydroxylation is 1. The molecule has 0 aliphatic carbocycles. The second kappa shape index (κ2) is 7.13. The third-order valence-corrected chi connectivity index (χ3v) is 4.30. The molecule has 2 rings (SSSR count). The van der Waals surface area contributed by atoms with Crippen LogP contribution in [-0.4, -0.2) is 32.3 Å². The van der Waals surface area contributed by atoms with Gasteiger partial charge in [-0.15, -0.1) is 0 Å². The van der Waals surface area contributed by atoms with Crippen LogP contribution in [0.3, 0.4) is 0 Å². The first kappa shape index (κ1) is 18.8. The fourth-order valence-corrected chi connectivity index (χ4v) is 2.93. The van der Waals surface area contributed by atoms with Crippen molar-refractivity contribution in [3.63, 3.8) is 0 Å². The second-order valence-electron chi connectivity index (χ2n) is 5.15. The Hall–Kier alpha value is -2.56. The molecule has 0 aliphatic rings. The molecular weight excluding hydrogens is 363 g/mol. The average Bonchev–Trinajstić information content (AvgIpc) is 2.91. The number of sulfonamides is 1. The SMILES string of the molecule is Cc1cc(NC(=O)CCN(c2ccc(F)c(F)c2F)S(C)(=O)=O)no1. The number of carbonyl (C=O) groups is 1. The number of aromatic nitrogens is 1. The van der Waals surface area contributed by atoms with E-state index in [2.05, 4.69) is 10.5 Å². The zero-order valence-electron chi connectivity index (χ0n) is 13.2. The fraction of sp³-hybridized carbons (Fsp3) is 0.286. The number of nitrogens with zero attached hydrogens (tertiary/aromatic N) is 2. The standard InChI is InChI=1S/C14H14F3N3O4S/c1-8-7-11(19-24-8)18-12(21)5-6-20(25(2,22)23)10-4-3-9(15)13(16)14(10)17/h3-4,7H,5-6H2,1-2H3,(H,18,19,21). The van der Waals surface area contributed by atoms with Gasteiger partial charge in [0.25, 0.3) is 0 Å². The lowest BCUT2D eigenvalue weighted by molar-refractivity contribution is -0.116. The van der Waals surface area contributed by atoms with E-state index in [1.165, 1.54) is 6.07 Å². The van der Waals surface area contributed by atoms with Gasteiger partial charge >= 0.3 is 0 Å². The Balaban J connectivity index is 2.17. The molecule has 25 heavy (non-hydrogen) atoms. The van der Waals surface area contributed by atoms with E-state index in [0.29, 0.717) is 16.1 Å². The number of hydrogen-bond acceptors (Lipinski definition) is 5. The maximum Gasteiger partial charge on any atom is 0.232 e. The summed E-state index contributed by atoms with van der Waals surface area (Å²) in [5.41, 5.74) is -0.688. The van der Waals surface area contributed by atoms with Crippen molar-refractivity contribution in [1.29, 1.82) is 0 Å². The average molecular weight is 377 g/mol. The number of rotatable bonds is 6. The van der Waals surface area contributed by atoms with Gasteiger partial charge in [0.05, 0.1) is 11.9 Å². The van der Waals surface area contributed by atoms with E-state index >= 15 is 0 Å². The monoisotopic (exact) mass is 377 g/mol. The van der Waals surface area contributed by atoms with Gasteiger partial charge in [0.2, 0.25) is 15.9 Å². The van der Waals surface area contributed by atoms with Crippen LogP contribution in [-0.2, 0) is 14.8 Å². The van der Waals surface area contributed by atoms with Gasteiger partial charge in [-0.3, -0.25) is 9.10 Å². The third kappa shape index (κ3) is 4.50. The van der Waals surface area contributed by atoms with E-state index < -0.39 is 45.6 Å². The van der Waals surface area contributed by atoms with Gasteiger partial charge in [-0.25, -0.2) is 21.6 Å². The molecular formula is C14H14F3N3O4S. The Morgan fingerprint density at radius 3 is 2.52 bits per heavy atom. The molecule has 2 aromatic rings. The Morgan fingerprint density at radius 1 is 1.28 bits per heavy atom. The summed E-state index contributed by atoms with van der Waals surface area (Å²) < 4.78 is 69.2. The van der Waals surface area contributed by atoms with Gasteiger partial charge in [0.15, 0.2) is 23.3 Å². The zero-order valence-corrected chi connectivity index (χ0v) is 14.0. The normalized spacial score (nSPS) is 11.4. The van der Waals surface area contributed by atoms with Crippen molar-refractivity contribution in [2.75, 3.05) is 22.4 Å². The summed E-state index contributed by atoms with van der Waals surface area (Å²) in [5.74, 6) is -4.94. The quantitative estimate of drug-likeness (QED) is 0.779. The highest BCUT2D eigenvalue weighted by molar-refractivity contribution is 7.92. The Morgan fingerprint density at radius 2 is 1.96 bits per heavy atom. The highest BCUT2D eigenvalue weighted by Gasteiger charge is 2.25. The molecule has 0 unspecified atom stereocenters. The first-order valence-corrected chi connectivity index (χ1v) is 8.79. The Labute approximate surface area is 141 Å². The minimum atomic E-state index is -4.04. The summed E-state index contributed by atoms with van der Waals surface area (Å²) in [6.45, 7) is 1.13. The molecule has 0 spiro atoms. The highest BCUT2D eigenvalue weighted by atomic mass is 32.2. The Kier molecular flexibility index (Phi) is 5.36. The van der Waals surface area contributed by atoms with Crippen molar-refractivity contribution in [2.24, 2.45) is 0 Å². The predicted octanol–water partition coefficient (Wildman–Crippen LogP) is 2.20. The van der Waals surface area contributed by atoms with Gasteiger partial charge in [0.1, 0.15) is 5.76 Å². The minimum absolute atomic E-state index is 0.132. The molecule has 0 atom stereocenters. The molecule has 7 nitrogen and oxygen atoms in total. The van der Waals surface area contributed by atoms with Crippen LogP contribution in [0.15, 0.2) is 22.7 Å². The van der Waals surface area contributed by atoms with Crippen molar-refractivity contribution >= 4 is 27.4 Å². The number of anilines is 2. The van der Waals surface area contributed by atoms with Crippen molar-refractivity contribution in [3.05, 3.63) is 41.4 Å². The van der Waals surface area contributed by atoms with Crippen molar-refractivity contribution in [1.82, 2.24) is 5.16 Å². The summed E-state index contributed by atoms with van der Waals surface area (Å²) in [7, 11) is -4.04. The summed E-state index contributed by atoms with van der Waals surface area (Å²) in [4.78, 5) is 11.8. The number of hydrogen-bond donors (Lipinski definition) is 1. The molecule has 11 heteroatoms. The maximum atomic E-state index is 13.9. The molecule has 1 N–H and O–H groups in total. The lowest BCUT2D eigenvalue weighted by atomic mass is 10.2. The van der Waals surface area contributed by atoms with Crippen LogP contribution < -0.4 is 9.62 Å². The van der Waals surface area contributed by atoms with Gasteiger partial charge in [-0.1, -0.05) is 5.16 Å². The molecule has 0 bridgehead atoms. The van der Waals surface area contributed by atoms with Crippen molar-refractivity contribution in [2.45, 2.75) is 13.3 Å². The summed E-state index contributed by atoms with van der Waals surface area (Å²) in [6, 6.07) is 2.83. The first-order valence-electron chi connectivity index (χ1n) is 6.94. The first-order chi connectivity index (χ1) is 11.6. The van der Waals surface area contributed by atoms with Gasteiger partial charge in [-0.05, 0) is 19.1 Å². The molecule has 1 aromatic heterocycles. The van der Waals surface area contributed by atoms with E-state index in [-0.39, 0.29) is 12.2 Å². The van der Waals surface area contributed by atoms with E-state index in [1.807, 2.05) is 0 Å². The topological polar surface area (TPSA) is 92.5 Å². The largest absolute Gasteiger partial charge is 0.360 e. The molecule has 1 amide bonds. The van der Waals surface area contributed by atoms with E-state index in [1.54, 1.807) is 6.92 Å². The maximum absolute atomic E-state index is 13.9. The van der Waals surface area contributed by atoms with Crippen LogP contribution in [0.2, 0.25) is 0 Å². The number of amides is 1. The van der Waals surface area contributed by atoms with Crippen LogP contribution in [0, 0.1) is 24.4 Å². The zero-order chi connectivity index (χ0) is 18.8. The molecule has 0 saturated heterocycles. The lowest BCUT2D eigenvalue weighted by Crippen LogP contribution is -2.34. The third-order valence-electron chi connectivity index (χ3n) is 3.12. The van der Waals surface area contributed by atoms with Crippen molar-refractivity contribution in [3.8, 4) is 0 Å². The summed E-state index contributed by atoms with van der Waals surface area (Å²) >= 11 is 0. The second-order valence-corrected chi connectivity index (χ2v) is 7.06. The smallest absolute Gasteiger partial charge is 0.232 e. The fourth-order valence-electron chi connectivity index (χ4n) is 2.01. The molecule has 136 valence electrons. The van der Waals surface area contributed by atoms with Crippen molar-refractivity contribution < 1.29 is 30.9 Å². The summed E-state index contributed by atoms with van der Waals surface area (Å²) in [5, 5.41) is 5.90. The molecule has 1 heterocycles. The van der Waals surface area contributed by atoms with Crippen LogP contribution >= 0.6 is 0 Å². The van der Waals surface area contributed by atoms with Crippen LogP contribution in [0.4, 0.5) is 24.7 Å². The minimum Gasteiger partial charge on any atom is -0.360 e. The van der Waals surface area contributed by atoms with Crippen LogP contribution in [0.25, 0.3) is 0 Å². The predicted molar refractivity (Wildman–Crippen MR) is 83.0 cm³/mol.